The van der Waals surface area contributed by atoms with Crippen LogP contribution in [0.4, 0.5) is 0 Å². The maximum atomic E-state index is 11.4. The van der Waals surface area contributed by atoms with Crippen LogP contribution in [0.25, 0.3) is 10.9 Å². The van der Waals surface area contributed by atoms with Crippen molar-refractivity contribution in [1.82, 2.24) is 4.98 Å². The van der Waals surface area contributed by atoms with Gasteiger partial charge in [-0.1, -0.05) is 0 Å². The summed E-state index contributed by atoms with van der Waals surface area (Å²) in [5, 5.41) is 5.53. The van der Waals surface area contributed by atoms with Gasteiger partial charge in [0.05, 0.1) is 10.4 Å². The van der Waals surface area contributed by atoms with Crippen molar-refractivity contribution in [2.45, 2.75) is 4.90 Å². The zero-order valence-electron chi connectivity index (χ0n) is 7.90. The molecule has 0 radical (unpaired) electrons. The first-order valence-corrected chi connectivity index (χ1v) is 6.86. The number of fused-ring (bicyclic) bond motifs is 1. The minimum atomic E-state index is -3.79. The van der Waals surface area contributed by atoms with Crippen LogP contribution in [0.15, 0.2) is 34.0 Å². The van der Waals surface area contributed by atoms with E-state index in [2.05, 4.69) is 4.98 Å². The molecule has 0 aliphatic rings. The molecule has 0 aliphatic carbocycles. The first-order chi connectivity index (χ1) is 7.38. The van der Waals surface area contributed by atoms with Gasteiger partial charge in [0, 0.05) is 15.0 Å². The summed E-state index contributed by atoms with van der Waals surface area (Å²) in [7, 11) is -3.79. The van der Waals surface area contributed by atoms with E-state index in [1.807, 2.05) is 22.6 Å². The van der Waals surface area contributed by atoms with E-state index < -0.39 is 10.0 Å². The molecule has 0 spiro atoms. The van der Waals surface area contributed by atoms with Gasteiger partial charge in [-0.15, -0.1) is 0 Å². The number of primary sulfonamides is 1. The third-order valence-electron chi connectivity index (χ3n) is 2.07. The SMILES string of the molecule is NS(=O)(=O)c1cc(I)cc2[nH]c(=O)ccc12. The maximum Gasteiger partial charge on any atom is 0.248 e. The van der Waals surface area contributed by atoms with Gasteiger partial charge >= 0.3 is 0 Å². The monoisotopic (exact) mass is 350 g/mol. The lowest BCUT2D eigenvalue weighted by Gasteiger charge is -2.04. The van der Waals surface area contributed by atoms with Crippen molar-refractivity contribution in [1.29, 1.82) is 0 Å². The fraction of sp³-hybridized carbons (Fsp3) is 0. The van der Waals surface area contributed by atoms with Gasteiger partial charge in [0.2, 0.25) is 15.6 Å². The van der Waals surface area contributed by atoms with Crippen molar-refractivity contribution >= 4 is 43.5 Å². The van der Waals surface area contributed by atoms with Gasteiger partial charge in [-0.2, -0.15) is 0 Å². The van der Waals surface area contributed by atoms with Crippen molar-refractivity contribution < 1.29 is 8.42 Å². The standard InChI is InChI=1S/C9H7IN2O3S/c10-5-3-7-6(1-2-9(13)12-7)8(4-5)16(11,14)15/h1-4H,(H,12,13)(H2,11,14,15). The third kappa shape index (κ3) is 2.11. The molecule has 16 heavy (non-hydrogen) atoms. The van der Waals surface area contributed by atoms with Crippen LogP contribution < -0.4 is 10.7 Å². The summed E-state index contributed by atoms with van der Waals surface area (Å²) in [4.78, 5) is 13.7. The number of aromatic nitrogens is 1. The molecule has 0 amide bonds. The Morgan fingerprint density at radius 2 is 1.94 bits per heavy atom. The normalized spacial score (nSPS) is 11.9. The number of rotatable bonds is 1. The van der Waals surface area contributed by atoms with E-state index in [4.69, 9.17) is 5.14 Å². The van der Waals surface area contributed by atoms with E-state index >= 15 is 0 Å². The van der Waals surface area contributed by atoms with Crippen molar-refractivity contribution in [2.24, 2.45) is 5.14 Å². The molecule has 0 saturated heterocycles. The molecule has 5 nitrogen and oxygen atoms in total. The molecule has 0 unspecified atom stereocenters. The second-order valence-electron chi connectivity index (χ2n) is 3.23. The number of H-pyrrole nitrogens is 1. The molecule has 7 heteroatoms. The molecular weight excluding hydrogens is 343 g/mol. The van der Waals surface area contributed by atoms with Crippen LogP contribution in [0.5, 0.6) is 0 Å². The molecule has 0 fully saturated rings. The highest BCUT2D eigenvalue weighted by Gasteiger charge is 2.13. The van der Waals surface area contributed by atoms with Gasteiger partial charge in [-0.05, 0) is 40.8 Å². The van der Waals surface area contributed by atoms with Gasteiger partial charge in [0.15, 0.2) is 0 Å². The van der Waals surface area contributed by atoms with E-state index in [0.29, 0.717) is 14.5 Å². The number of nitrogens with one attached hydrogen (secondary N) is 1. The molecule has 0 bridgehead atoms. The van der Waals surface area contributed by atoms with Crippen molar-refractivity contribution in [3.63, 3.8) is 0 Å². The lowest BCUT2D eigenvalue weighted by Crippen LogP contribution is -2.14. The number of nitrogens with two attached hydrogens (primary N) is 1. The number of sulfonamides is 1. The number of benzene rings is 1. The largest absolute Gasteiger partial charge is 0.322 e. The Morgan fingerprint density at radius 1 is 1.25 bits per heavy atom. The molecule has 0 saturated carbocycles. The van der Waals surface area contributed by atoms with Crippen LogP contribution in [0.1, 0.15) is 0 Å². The molecule has 2 aromatic rings. The van der Waals surface area contributed by atoms with Crippen LogP contribution in [0.3, 0.4) is 0 Å². The number of hydrogen-bond donors (Lipinski definition) is 2. The van der Waals surface area contributed by atoms with E-state index in [-0.39, 0.29) is 10.5 Å². The number of halogens is 1. The summed E-state index contributed by atoms with van der Waals surface area (Å²) in [6.07, 6.45) is 0. The summed E-state index contributed by atoms with van der Waals surface area (Å²) in [6, 6.07) is 5.87. The Kier molecular flexibility index (Phi) is 2.76. The summed E-state index contributed by atoms with van der Waals surface area (Å²) in [5.74, 6) is 0. The smallest absolute Gasteiger partial charge is 0.248 e. The number of aromatic amines is 1. The highest BCUT2D eigenvalue weighted by molar-refractivity contribution is 14.1. The van der Waals surface area contributed by atoms with Crippen molar-refractivity contribution in [2.75, 3.05) is 0 Å². The summed E-state index contributed by atoms with van der Waals surface area (Å²) < 4.78 is 23.4. The Balaban J connectivity index is 3.00. The average molecular weight is 350 g/mol. The van der Waals surface area contributed by atoms with Crippen LogP contribution in [-0.4, -0.2) is 13.4 Å². The Hall–Kier alpha value is -0.930. The van der Waals surface area contributed by atoms with E-state index in [1.165, 1.54) is 18.2 Å². The second kappa shape index (κ2) is 3.82. The molecule has 1 heterocycles. The van der Waals surface area contributed by atoms with Gasteiger partial charge in [0.25, 0.3) is 0 Å². The quantitative estimate of drug-likeness (QED) is 0.745. The minimum absolute atomic E-state index is 0.0191. The predicted octanol–water partition coefficient (Wildman–Crippen LogP) is 0.780. The van der Waals surface area contributed by atoms with E-state index in [1.54, 1.807) is 6.07 Å². The van der Waals surface area contributed by atoms with E-state index in [9.17, 15) is 13.2 Å². The van der Waals surface area contributed by atoms with Gasteiger partial charge < -0.3 is 4.98 Å². The summed E-state index contributed by atoms with van der Waals surface area (Å²) >= 11 is 1.96. The van der Waals surface area contributed by atoms with E-state index in [0.717, 1.165) is 0 Å². The molecular formula is C9H7IN2O3S. The van der Waals surface area contributed by atoms with Crippen LogP contribution in [0.2, 0.25) is 0 Å². The first-order valence-electron chi connectivity index (χ1n) is 4.23. The van der Waals surface area contributed by atoms with Crippen LogP contribution in [0, 0.1) is 3.57 Å². The zero-order valence-corrected chi connectivity index (χ0v) is 10.9. The molecule has 0 aliphatic heterocycles. The topological polar surface area (TPSA) is 93.0 Å². The van der Waals surface area contributed by atoms with Gasteiger partial charge in [0.1, 0.15) is 0 Å². The van der Waals surface area contributed by atoms with Gasteiger partial charge in [-0.3, -0.25) is 4.79 Å². The molecule has 1 aromatic heterocycles. The van der Waals surface area contributed by atoms with Crippen LogP contribution >= 0.6 is 22.6 Å². The fourth-order valence-corrected chi connectivity index (χ4v) is 3.05. The number of hydrogen-bond acceptors (Lipinski definition) is 3. The predicted molar refractivity (Wildman–Crippen MR) is 68.7 cm³/mol. The molecule has 84 valence electrons. The van der Waals surface area contributed by atoms with Gasteiger partial charge in [-0.25, -0.2) is 13.6 Å². The second-order valence-corrected chi connectivity index (χ2v) is 6.01. The zero-order chi connectivity index (χ0) is 11.9. The molecule has 2 rings (SSSR count). The summed E-state index contributed by atoms with van der Waals surface area (Å²) in [6.45, 7) is 0. The highest BCUT2D eigenvalue weighted by Crippen LogP contribution is 2.22. The minimum Gasteiger partial charge on any atom is -0.322 e. The molecule has 3 N–H and O–H groups in total. The Bertz CT molecular complexity index is 721. The maximum absolute atomic E-state index is 11.4. The average Bonchev–Trinajstić information content (AvgIpc) is 2.14. The molecule has 0 atom stereocenters. The molecule has 1 aromatic carbocycles. The lowest BCUT2D eigenvalue weighted by atomic mass is 10.2. The van der Waals surface area contributed by atoms with Crippen molar-refractivity contribution in [3.05, 3.63) is 38.2 Å². The fourth-order valence-electron chi connectivity index (χ4n) is 1.44. The first kappa shape index (κ1) is 11.6. The Labute approximate surface area is 105 Å². The van der Waals surface area contributed by atoms with Crippen LogP contribution in [-0.2, 0) is 10.0 Å². The lowest BCUT2D eigenvalue weighted by molar-refractivity contribution is 0.598. The number of pyridine rings is 1. The highest BCUT2D eigenvalue weighted by atomic mass is 127. The summed E-state index contributed by atoms with van der Waals surface area (Å²) in [5.41, 5.74) is 0.179. The Morgan fingerprint density at radius 3 is 2.56 bits per heavy atom. The third-order valence-corrected chi connectivity index (χ3v) is 3.65. The van der Waals surface area contributed by atoms with Crippen molar-refractivity contribution in [3.8, 4) is 0 Å².